The van der Waals surface area contributed by atoms with Crippen molar-refractivity contribution in [2.24, 2.45) is 7.05 Å². The largest absolute Gasteiger partial charge is 0.480 e. The highest BCUT2D eigenvalue weighted by molar-refractivity contribution is 5.86. The zero-order valence-corrected chi connectivity index (χ0v) is 11.0. The molecule has 0 unspecified atom stereocenters. The topological polar surface area (TPSA) is 135 Å². The Bertz CT molecular complexity index is 500. The summed E-state index contributed by atoms with van der Waals surface area (Å²) in [5.41, 5.74) is 0. The standard InChI is InChI=1S/C10H15N5O5/c1-15-5-12-7(14-15)4-11-10(19)13-6(9(17)18)3-8(16)20-2/h5-6H,3-4H2,1-2H3,(H,17,18)(H2,11,13,19)/t6-/m0/s1. The number of rotatable bonds is 6. The molecule has 0 aromatic carbocycles. The molecule has 0 radical (unpaired) electrons. The van der Waals surface area contributed by atoms with E-state index in [4.69, 9.17) is 5.11 Å². The zero-order chi connectivity index (χ0) is 15.1. The maximum atomic E-state index is 11.5. The first-order valence-electron chi connectivity index (χ1n) is 5.61. The Hall–Kier alpha value is -2.65. The number of hydrogen-bond donors (Lipinski definition) is 3. The number of urea groups is 1. The van der Waals surface area contributed by atoms with E-state index in [1.54, 1.807) is 7.05 Å². The van der Waals surface area contributed by atoms with Gasteiger partial charge in [-0.1, -0.05) is 0 Å². The molecule has 1 aromatic rings. The summed E-state index contributed by atoms with van der Waals surface area (Å²) in [7, 11) is 2.81. The third-order valence-corrected chi connectivity index (χ3v) is 2.26. The van der Waals surface area contributed by atoms with Gasteiger partial charge in [0.2, 0.25) is 0 Å². The second kappa shape index (κ2) is 7.07. The summed E-state index contributed by atoms with van der Waals surface area (Å²) < 4.78 is 5.81. The van der Waals surface area contributed by atoms with Gasteiger partial charge in [-0.2, -0.15) is 5.10 Å². The van der Waals surface area contributed by atoms with Crippen LogP contribution in [0.5, 0.6) is 0 Å². The molecule has 10 heteroatoms. The van der Waals surface area contributed by atoms with E-state index in [9.17, 15) is 14.4 Å². The van der Waals surface area contributed by atoms with Crippen LogP contribution in [0.4, 0.5) is 4.79 Å². The molecule has 0 aliphatic carbocycles. The number of nitrogens with zero attached hydrogens (tertiary/aromatic N) is 3. The van der Waals surface area contributed by atoms with Gasteiger partial charge in [0, 0.05) is 7.05 Å². The van der Waals surface area contributed by atoms with Crippen molar-refractivity contribution in [2.75, 3.05) is 7.11 Å². The highest BCUT2D eigenvalue weighted by Crippen LogP contribution is 1.95. The Morgan fingerprint density at radius 2 is 2.20 bits per heavy atom. The third kappa shape index (κ3) is 4.92. The normalized spacial score (nSPS) is 11.5. The van der Waals surface area contributed by atoms with Crippen molar-refractivity contribution in [3.63, 3.8) is 0 Å². The van der Waals surface area contributed by atoms with E-state index in [1.807, 2.05) is 0 Å². The van der Waals surface area contributed by atoms with E-state index < -0.39 is 30.4 Å². The van der Waals surface area contributed by atoms with Crippen LogP contribution >= 0.6 is 0 Å². The highest BCUT2D eigenvalue weighted by Gasteiger charge is 2.23. The maximum Gasteiger partial charge on any atom is 0.326 e. The molecule has 0 saturated heterocycles. The van der Waals surface area contributed by atoms with Crippen LogP contribution in [0, 0.1) is 0 Å². The molecule has 0 bridgehead atoms. The van der Waals surface area contributed by atoms with Crippen LogP contribution in [-0.2, 0) is 27.9 Å². The van der Waals surface area contributed by atoms with E-state index >= 15 is 0 Å². The summed E-state index contributed by atoms with van der Waals surface area (Å²) in [5, 5.41) is 17.3. The molecular weight excluding hydrogens is 270 g/mol. The van der Waals surface area contributed by atoms with Crippen molar-refractivity contribution < 1.29 is 24.2 Å². The maximum absolute atomic E-state index is 11.5. The highest BCUT2D eigenvalue weighted by atomic mass is 16.5. The fraction of sp³-hybridized carbons (Fsp3) is 0.500. The van der Waals surface area contributed by atoms with Crippen LogP contribution in [0.25, 0.3) is 0 Å². The van der Waals surface area contributed by atoms with Crippen molar-refractivity contribution in [3.8, 4) is 0 Å². The Morgan fingerprint density at radius 1 is 1.50 bits per heavy atom. The van der Waals surface area contributed by atoms with E-state index in [-0.39, 0.29) is 6.54 Å². The summed E-state index contributed by atoms with van der Waals surface area (Å²) in [5.74, 6) is -1.69. The average molecular weight is 285 g/mol. The molecule has 1 rings (SSSR count). The minimum absolute atomic E-state index is 0.0389. The van der Waals surface area contributed by atoms with Crippen molar-refractivity contribution in [2.45, 2.75) is 19.0 Å². The number of carbonyl (C=O) groups excluding carboxylic acids is 2. The van der Waals surface area contributed by atoms with Crippen LogP contribution < -0.4 is 10.6 Å². The Kier molecular flexibility index (Phi) is 5.44. The van der Waals surface area contributed by atoms with E-state index in [0.717, 1.165) is 7.11 Å². The molecule has 20 heavy (non-hydrogen) atoms. The van der Waals surface area contributed by atoms with Gasteiger partial charge in [-0.05, 0) is 0 Å². The number of ether oxygens (including phenoxy) is 1. The van der Waals surface area contributed by atoms with Gasteiger partial charge in [-0.15, -0.1) is 0 Å². The molecular formula is C10H15N5O5. The van der Waals surface area contributed by atoms with Crippen molar-refractivity contribution >= 4 is 18.0 Å². The predicted octanol–water partition coefficient (Wildman–Crippen LogP) is -1.37. The predicted molar refractivity (Wildman–Crippen MR) is 64.4 cm³/mol. The van der Waals surface area contributed by atoms with Crippen LogP contribution in [0.15, 0.2) is 6.33 Å². The number of nitrogens with one attached hydrogen (secondary N) is 2. The van der Waals surface area contributed by atoms with E-state index in [0.29, 0.717) is 5.82 Å². The lowest BCUT2D eigenvalue weighted by molar-refractivity contribution is -0.147. The molecule has 0 aliphatic rings. The molecule has 0 saturated carbocycles. The second-order valence-corrected chi connectivity index (χ2v) is 3.83. The van der Waals surface area contributed by atoms with Crippen molar-refractivity contribution in [3.05, 3.63) is 12.2 Å². The quantitative estimate of drug-likeness (QED) is 0.549. The first kappa shape index (κ1) is 15.4. The van der Waals surface area contributed by atoms with Crippen LogP contribution in [-0.4, -0.2) is 51.0 Å². The van der Waals surface area contributed by atoms with Gasteiger partial charge in [-0.3, -0.25) is 9.48 Å². The summed E-state index contributed by atoms with van der Waals surface area (Å²) >= 11 is 0. The van der Waals surface area contributed by atoms with Crippen LogP contribution in [0.2, 0.25) is 0 Å². The molecule has 0 fully saturated rings. The summed E-state index contributed by atoms with van der Waals surface area (Å²) in [6.45, 7) is 0.0389. The number of aliphatic carboxylic acids is 1. The minimum Gasteiger partial charge on any atom is -0.480 e. The molecule has 3 N–H and O–H groups in total. The van der Waals surface area contributed by atoms with Gasteiger partial charge in [0.1, 0.15) is 12.4 Å². The molecule has 0 spiro atoms. The molecule has 0 aliphatic heterocycles. The number of hydrogen-bond acceptors (Lipinski definition) is 6. The lowest BCUT2D eigenvalue weighted by atomic mass is 10.2. The number of esters is 1. The van der Waals surface area contributed by atoms with Gasteiger partial charge in [0.05, 0.1) is 20.1 Å². The second-order valence-electron chi connectivity index (χ2n) is 3.83. The molecule has 10 nitrogen and oxygen atoms in total. The molecule has 2 amide bonds. The summed E-state index contributed by atoms with van der Waals surface area (Å²) in [6.07, 6.45) is 1.01. The Morgan fingerprint density at radius 3 is 2.70 bits per heavy atom. The van der Waals surface area contributed by atoms with Crippen molar-refractivity contribution in [1.82, 2.24) is 25.4 Å². The summed E-state index contributed by atoms with van der Waals surface area (Å²) in [6, 6.07) is -2.10. The van der Waals surface area contributed by atoms with E-state index in [2.05, 4.69) is 25.5 Å². The number of carboxylic acids is 1. The summed E-state index contributed by atoms with van der Waals surface area (Å²) in [4.78, 5) is 37.3. The number of aromatic nitrogens is 3. The lowest BCUT2D eigenvalue weighted by Crippen LogP contribution is -2.46. The number of carboxylic acid groups (broad SMARTS) is 1. The molecule has 1 aromatic heterocycles. The smallest absolute Gasteiger partial charge is 0.326 e. The van der Waals surface area contributed by atoms with Gasteiger partial charge < -0.3 is 20.5 Å². The Labute approximate surface area is 114 Å². The van der Waals surface area contributed by atoms with Gasteiger partial charge in [0.25, 0.3) is 0 Å². The number of aryl methyl sites for hydroxylation is 1. The van der Waals surface area contributed by atoms with Crippen LogP contribution in [0.3, 0.4) is 0 Å². The first-order chi connectivity index (χ1) is 9.42. The fourth-order valence-corrected chi connectivity index (χ4v) is 1.28. The monoisotopic (exact) mass is 285 g/mol. The molecule has 1 atom stereocenters. The third-order valence-electron chi connectivity index (χ3n) is 2.26. The number of methoxy groups -OCH3 is 1. The zero-order valence-electron chi connectivity index (χ0n) is 11.0. The fourth-order valence-electron chi connectivity index (χ4n) is 1.28. The number of amides is 2. The minimum atomic E-state index is -1.36. The SMILES string of the molecule is COC(=O)C[C@H](NC(=O)NCc1ncn(C)n1)C(=O)O. The average Bonchev–Trinajstić information content (AvgIpc) is 2.81. The van der Waals surface area contributed by atoms with Crippen molar-refractivity contribution in [1.29, 1.82) is 0 Å². The van der Waals surface area contributed by atoms with Gasteiger partial charge in [0.15, 0.2) is 5.82 Å². The number of carbonyl (C=O) groups is 3. The first-order valence-corrected chi connectivity index (χ1v) is 5.61. The molecule has 1 heterocycles. The lowest BCUT2D eigenvalue weighted by Gasteiger charge is -2.13. The Balaban J connectivity index is 2.45. The van der Waals surface area contributed by atoms with Crippen LogP contribution in [0.1, 0.15) is 12.2 Å². The van der Waals surface area contributed by atoms with E-state index in [1.165, 1.54) is 11.0 Å². The molecule has 110 valence electrons. The van der Waals surface area contributed by atoms with Gasteiger partial charge >= 0.3 is 18.0 Å². The van der Waals surface area contributed by atoms with Gasteiger partial charge in [-0.25, -0.2) is 14.6 Å².